The van der Waals surface area contributed by atoms with Crippen molar-refractivity contribution in [1.29, 1.82) is 0 Å². The van der Waals surface area contributed by atoms with E-state index in [1.54, 1.807) is 7.11 Å². The first-order chi connectivity index (χ1) is 13.5. The molecular weight excluding hydrogens is 371 g/mol. The first-order valence-corrected chi connectivity index (χ1v) is 9.02. The lowest BCUT2D eigenvalue weighted by molar-refractivity contribution is 0.148. The Kier molecular flexibility index (Phi) is 6.41. The van der Waals surface area contributed by atoms with Gasteiger partial charge in [0.05, 0.1) is 12.8 Å². The molecule has 28 heavy (non-hydrogen) atoms. The molecule has 0 atom stereocenters. The number of carbonyl (C=O) groups excluding carboxylic acids is 1. The number of amides is 2. The van der Waals surface area contributed by atoms with E-state index in [4.69, 9.17) is 4.74 Å². The molecule has 0 saturated carbocycles. The van der Waals surface area contributed by atoms with Gasteiger partial charge in [0.15, 0.2) is 17.5 Å². The van der Waals surface area contributed by atoms with E-state index in [-0.39, 0.29) is 5.69 Å². The van der Waals surface area contributed by atoms with Gasteiger partial charge in [0.25, 0.3) is 0 Å². The highest BCUT2D eigenvalue weighted by molar-refractivity contribution is 5.89. The molecule has 1 aliphatic heterocycles. The minimum absolute atomic E-state index is 0.370. The summed E-state index contributed by atoms with van der Waals surface area (Å²) >= 11 is 0. The number of rotatable bonds is 5. The zero-order chi connectivity index (χ0) is 20.1. The van der Waals surface area contributed by atoms with Crippen LogP contribution in [0.1, 0.15) is 5.56 Å². The lowest BCUT2D eigenvalue weighted by atomic mass is 10.1. The number of benzene rings is 2. The average molecular weight is 393 g/mol. The fourth-order valence-corrected chi connectivity index (χ4v) is 3.07. The van der Waals surface area contributed by atoms with Gasteiger partial charge in [-0.2, -0.15) is 0 Å². The molecule has 150 valence electrons. The Morgan fingerprint density at radius 3 is 2.32 bits per heavy atom. The molecule has 5 nitrogen and oxygen atoms in total. The van der Waals surface area contributed by atoms with E-state index in [1.165, 1.54) is 10.5 Å². The number of hydrogen-bond acceptors (Lipinski definition) is 3. The van der Waals surface area contributed by atoms with Gasteiger partial charge in [-0.15, -0.1) is 0 Å². The van der Waals surface area contributed by atoms with E-state index in [0.29, 0.717) is 26.2 Å². The van der Waals surface area contributed by atoms with Crippen LogP contribution < -0.4 is 10.1 Å². The van der Waals surface area contributed by atoms with Crippen LogP contribution in [0.4, 0.5) is 23.7 Å². The van der Waals surface area contributed by atoms with Crippen molar-refractivity contribution in [1.82, 2.24) is 9.80 Å². The van der Waals surface area contributed by atoms with Gasteiger partial charge in [0, 0.05) is 32.7 Å². The van der Waals surface area contributed by atoms with Gasteiger partial charge in [0.1, 0.15) is 5.75 Å². The quantitative estimate of drug-likeness (QED) is 0.791. The highest BCUT2D eigenvalue weighted by Crippen LogP contribution is 2.20. The predicted octanol–water partition coefficient (Wildman–Crippen LogP) is 3.50. The molecule has 1 heterocycles. The Labute approximate surface area is 161 Å². The SMILES string of the molecule is COc1ccc(CCN2CCN(C(=O)Nc3ccc(F)c(F)c3F)CC2)cc1. The third-order valence-corrected chi connectivity index (χ3v) is 4.81. The van der Waals surface area contributed by atoms with Crippen LogP contribution in [0.2, 0.25) is 0 Å². The van der Waals surface area contributed by atoms with E-state index in [0.717, 1.165) is 30.8 Å². The normalized spacial score (nSPS) is 14.8. The molecule has 8 heteroatoms. The molecule has 0 aliphatic carbocycles. The molecule has 1 N–H and O–H groups in total. The van der Waals surface area contributed by atoms with E-state index in [1.807, 2.05) is 24.3 Å². The number of anilines is 1. The predicted molar refractivity (Wildman–Crippen MR) is 100 cm³/mol. The lowest BCUT2D eigenvalue weighted by Gasteiger charge is -2.34. The van der Waals surface area contributed by atoms with Crippen molar-refractivity contribution in [3.05, 3.63) is 59.4 Å². The second-order valence-electron chi connectivity index (χ2n) is 6.58. The van der Waals surface area contributed by atoms with Gasteiger partial charge in [0.2, 0.25) is 0 Å². The summed E-state index contributed by atoms with van der Waals surface area (Å²) in [5, 5.41) is 2.31. The van der Waals surface area contributed by atoms with Crippen LogP contribution in [0.3, 0.4) is 0 Å². The fraction of sp³-hybridized carbons (Fsp3) is 0.350. The van der Waals surface area contributed by atoms with Gasteiger partial charge in [-0.05, 0) is 36.2 Å². The smallest absolute Gasteiger partial charge is 0.322 e. The molecule has 0 aromatic heterocycles. The van der Waals surface area contributed by atoms with Crippen LogP contribution in [-0.4, -0.2) is 55.7 Å². The summed E-state index contributed by atoms with van der Waals surface area (Å²) in [5.74, 6) is -3.46. The van der Waals surface area contributed by atoms with Crippen LogP contribution in [-0.2, 0) is 6.42 Å². The van der Waals surface area contributed by atoms with Crippen LogP contribution >= 0.6 is 0 Å². The third-order valence-electron chi connectivity index (χ3n) is 4.81. The summed E-state index contributed by atoms with van der Waals surface area (Å²) in [6.07, 6.45) is 0.885. The molecule has 2 amide bonds. The van der Waals surface area contributed by atoms with Gasteiger partial charge in [-0.25, -0.2) is 18.0 Å². The Morgan fingerprint density at radius 1 is 1.00 bits per heavy atom. The second kappa shape index (κ2) is 8.97. The molecule has 1 aliphatic rings. The maximum Gasteiger partial charge on any atom is 0.322 e. The molecule has 0 radical (unpaired) electrons. The minimum atomic E-state index is -1.60. The minimum Gasteiger partial charge on any atom is -0.497 e. The van der Waals surface area contributed by atoms with Crippen molar-refractivity contribution in [2.24, 2.45) is 0 Å². The lowest BCUT2D eigenvalue weighted by Crippen LogP contribution is -2.50. The van der Waals surface area contributed by atoms with Crippen LogP contribution in [0, 0.1) is 17.5 Å². The number of nitrogens with one attached hydrogen (secondary N) is 1. The van der Waals surface area contributed by atoms with Crippen molar-refractivity contribution >= 4 is 11.7 Å². The second-order valence-corrected chi connectivity index (χ2v) is 6.58. The summed E-state index contributed by atoms with van der Waals surface area (Å²) in [6.45, 7) is 3.17. The van der Waals surface area contributed by atoms with E-state index >= 15 is 0 Å². The van der Waals surface area contributed by atoms with Crippen molar-refractivity contribution in [2.45, 2.75) is 6.42 Å². The largest absolute Gasteiger partial charge is 0.497 e. The summed E-state index contributed by atoms with van der Waals surface area (Å²) in [6, 6.07) is 9.17. The molecule has 2 aromatic rings. The Balaban J connectivity index is 1.46. The number of hydrogen-bond donors (Lipinski definition) is 1. The molecule has 1 saturated heterocycles. The van der Waals surface area contributed by atoms with E-state index in [2.05, 4.69) is 10.2 Å². The zero-order valence-corrected chi connectivity index (χ0v) is 15.6. The maximum absolute atomic E-state index is 13.7. The number of carbonyl (C=O) groups is 1. The van der Waals surface area contributed by atoms with Gasteiger partial charge in [-0.1, -0.05) is 12.1 Å². The van der Waals surface area contributed by atoms with Crippen molar-refractivity contribution < 1.29 is 22.7 Å². The summed E-state index contributed by atoms with van der Waals surface area (Å²) in [4.78, 5) is 16.0. The van der Waals surface area contributed by atoms with Crippen molar-refractivity contribution in [3.63, 3.8) is 0 Å². The highest BCUT2D eigenvalue weighted by Gasteiger charge is 2.23. The van der Waals surface area contributed by atoms with Crippen molar-refractivity contribution in [2.75, 3.05) is 45.2 Å². The third kappa shape index (κ3) is 4.75. The fourth-order valence-electron chi connectivity index (χ4n) is 3.07. The molecule has 3 rings (SSSR count). The number of ether oxygens (including phenoxy) is 1. The van der Waals surface area contributed by atoms with Crippen molar-refractivity contribution in [3.8, 4) is 5.75 Å². The van der Waals surface area contributed by atoms with E-state index < -0.39 is 23.5 Å². The standard InChI is InChI=1S/C20H22F3N3O2/c1-28-15-4-2-14(3-5-15)8-9-25-10-12-26(13-11-25)20(27)24-17-7-6-16(21)18(22)19(17)23/h2-7H,8-13H2,1H3,(H,24,27). The number of halogens is 3. The molecule has 0 unspecified atom stereocenters. The summed E-state index contributed by atoms with van der Waals surface area (Å²) in [5.41, 5.74) is 0.834. The van der Waals surface area contributed by atoms with Crippen LogP contribution in [0.25, 0.3) is 0 Å². The number of urea groups is 1. The summed E-state index contributed by atoms with van der Waals surface area (Å²) < 4.78 is 45.1. The number of methoxy groups -OCH3 is 1. The highest BCUT2D eigenvalue weighted by atomic mass is 19.2. The van der Waals surface area contributed by atoms with Gasteiger partial charge < -0.3 is 15.0 Å². The van der Waals surface area contributed by atoms with Crippen LogP contribution in [0.5, 0.6) is 5.75 Å². The monoisotopic (exact) mass is 393 g/mol. The molecule has 0 bridgehead atoms. The molecule has 1 fully saturated rings. The molecular formula is C20H22F3N3O2. The zero-order valence-electron chi connectivity index (χ0n) is 15.6. The maximum atomic E-state index is 13.7. The molecule has 2 aromatic carbocycles. The topological polar surface area (TPSA) is 44.8 Å². The first kappa shape index (κ1) is 20.0. The number of piperazine rings is 1. The first-order valence-electron chi connectivity index (χ1n) is 9.02. The Hall–Kier alpha value is -2.74. The number of nitrogens with zero attached hydrogens (tertiary/aromatic N) is 2. The van der Waals surface area contributed by atoms with Crippen LogP contribution in [0.15, 0.2) is 36.4 Å². The summed E-state index contributed by atoms with van der Waals surface area (Å²) in [7, 11) is 1.63. The average Bonchev–Trinajstić information content (AvgIpc) is 2.73. The Morgan fingerprint density at radius 2 is 1.68 bits per heavy atom. The van der Waals surface area contributed by atoms with Gasteiger partial charge >= 0.3 is 6.03 Å². The Bertz CT molecular complexity index is 822. The van der Waals surface area contributed by atoms with E-state index in [9.17, 15) is 18.0 Å². The molecule has 0 spiro atoms. The van der Waals surface area contributed by atoms with Gasteiger partial charge in [-0.3, -0.25) is 4.90 Å².